The highest BCUT2D eigenvalue weighted by molar-refractivity contribution is 5.42. The van der Waals surface area contributed by atoms with Crippen molar-refractivity contribution in [3.8, 4) is 11.6 Å². The molecule has 1 N–H and O–H groups in total. The van der Waals surface area contributed by atoms with Crippen LogP contribution in [-0.4, -0.2) is 23.6 Å². The van der Waals surface area contributed by atoms with Gasteiger partial charge >= 0.3 is 6.18 Å². The van der Waals surface area contributed by atoms with E-state index in [1.165, 1.54) is 7.11 Å². The van der Waals surface area contributed by atoms with Gasteiger partial charge in [-0.1, -0.05) is 0 Å². The topological polar surface area (TPSA) is 56.3 Å². The van der Waals surface area contributed by atoms with Gasteiger partial charge in [-0.25, -0.2) is 9.37 Å². The first-order valence-corrected chi connectivity index (χ1v) is 7.51. The molecule has 1 aromatic heterocycles. The van der Waals surface area contributed by atoms with Crippen LogP contribution in [0.5, 0.6) is 11.6 Å². The number of hydrogen-bond donors (Lipinski definition) is 1. The summed E-state index contributed by atoms with van der Waals surface area (Å²) in [6.07, 6.45) is -4.23. The molecule has 2 heterocycles. The molecular weight excluding hydrogens is 342 g/mol. The normalized spacial score (nSPS) is 14.3. The number of hydrogen-bond acceptors (Lipinski definition) is 5. The minimum Gasteiger partial charge on any atom is -0.438 e. The highest BCUT2D eigenvalue weighted by Gasteiger charge is 2.35. The van der Waals surface area contributed by atoms with E-state index >= 15 is 0 Å². The number of aromatic nitrogens is 2. The summed E-state index contributed by atoms with van der Waals surface area (Å²) in [5.74, 6) is -1.16. The first-order valence-electron chi connectivity index (χ1n) is 7.51. The summed E-state index contributed by atoms with van der Waals surface area (Å²) in [5, 5.41) is 3.13. The number of ether oxygens (including phenoxy) is 2. The molecule has 2 aromatic rings. The molecule has 0 amide bonds. The van der Waals surface area contributed by atoms with Crippen molar-refractivity contribution in [2.45, 2.75) is 25.7 Å². The zero-order valence-corrected chi connectivity index (χ0v) is 13.3. The van der Waals surface area contributed by atoms with Gasteiger partial charge < -0.3 is 14.8 Å². The summed E-state index contributed by atoms with van der Waals surface area (Å²) in [4.78, 5) is 8.50. The average Bonchev–Trinajstić information content (AvgIpc) is 2.56. The second kappa shape index (κ2) is 6.93. The Morgan fingerprint density at radius 2 is 2.04 bits per heavy atom. The molecule has 0 aliphatic carbocycles. The third kappa shape index (κ3) is 3.88. The highest BCUT2D eigenvalue weighted by Crippen LogP contribution is 2.39. The molecule has 0 saturated carbocycles. The van der Waals surface area contributed by atoms with Gasteiger partial charge in [-0.3, -0.25) is 0 Å². The molecule has 1 aromatic carbocycles. The van der Waals surface area contributed by atoms with Crippen LogP contribution >= 0.6 is 0 Å². The summed E-state index contributed by atoms with van der Waals surface area (Å²) in [7, 11) is 1.46. The van der Waals surface area contributed by atoms with Crippen molar-refractivity contribution in [2.75, 3.05) is 13.7 Å². The fourth-order valence-corrected chi connectivity index (χ4v) is 2.57. The second-order valence-corrected chi connectivity index (χ2v) is 5.47. The SMILES string of the molecule is COCc1nc2c(c(Oc3ccc(F)cc3C(F)(F)F)n1)CCNC2. The molecule has 0 spiro atoms. The van der Waals surface area contributed by atoms with Crippen LogP contribution in [-0.2, 0) is 30.5 Å². The van der Waals surface area contributed by atoms with Crippen molar-refractivity contribution in [2.24, 2.45) is 0 Å². The Bertz CT molecular complexity index is 781. The summed E-state index contributed by atoms with van der Waals surface area (Å²) in [6.45, 7) is 1.19. The van der Waals surface area contributed by atoms with Crippen molar-refractivity contribution in [3.63, 3.8) is 0 Å². The molecule has 0 radical (unpaired) electrons. The summed E-state index contributed by atoms with van der Waals surface area (Å²) >= 11 is 0. The van der Waals surface area contributed by atoms with E-state index in [-0.39, 0.29) is 12.5 Å². The number of benzene rings is 1. The molecule has 1 aliphatic rings. The van der Waals surface area contributed by atoms with Gasteiger partial charge in [-0.15, -0.1) is 0 Å². The lowest BCUT2D eigenvalue weighted by Crippen LogP contribution is -2.26. The van der Waals surface area contributed by atoms with Gasteiger partial charge in [0.25, 0.3) is 0 Å². The van der Waals surface area contributed by atoms with E-state index in [1.54, 1.807) is 0 Å². The summed E-state index contributed by atoms with van der Waals surface area (Å²) < 4.78 is 63.2. The number of fused-ring (bicyclic) bond motifs is 1. The second-order valence-electron chi connectivity index (χ2n) is 5.47. The molecular formula is C16H15F4N3O2. The Morgan fingerprint density at radius 3 is 2.76 bits per heavy atom. The van der Waals surface area contributed by atoms with Gasteiger partial charge in [0.1, 0.15) is 23.7 Å². The number of nitrogens with one attached hydrogen (secondary N) is 1. The Hall–Kier alpha value is -2.26. The van der Waals surface area contributed by atoms with Crippen LogP contribution in [0.1, 0.15) is 22.6 Å². The molecule has 9 heteroatoms. The van der Waals surface area contributed by atoms with Gasteiger partial charge in [0.15, 0.2) is 5.82 Å². The number of methoxy groups -OCH3 is 1. The highest BCUT2D eigenvalue weighted by atomic mass is 19.4. The summed E-state index contributed by atoms with van der Waals surface area (Å²) in [5.41, 5.74) is 0.0945. The van der Waals surface area contributed by atoms with Crippen molar-refractivity contribution in [1.29, 1.82) is 0 Å². The van der Waals surface area contributed by atoms with E-state index in [0.29, 0.717) is 42.7 Å². The van der Waals surface area contributed by atoms with Gasteiger partial charge in [0.05, 0.1) is 5.69 Å². The fourth-order valence-electron chi connectivity index (χ4n) is 2.57. The van der Waals surface area contributed by atoms with Gasteiger partial charge in [-0.05, 0) is 31.2 Å². The van der Waals surface area contributed by atoms with Gasteiger partial charge in [0, 0.05) is 19.2 Å². The smallest absolute Gasteiger partial charge is 0.420 e. The van der Waals surface area contributed by atoms with E-state index in [1.807, 2.05) is 0 Å². The van der Waals surface area contributed by atoms with Gasteiger partial charge in [-0.2, -0.15) is 18.2 Å². The lowest BCUT2D eigenvalue weighted by molar-refractivity contribution is -0.138. The molecule has 0 unspecified atom stereocenters. The maximum atomic E-state index is 13.2. The Balaban J connectivity index is 2.05. The standard InChI is InChI=1S/C16H15F4N3O2/c1-24-8-14-22-12-7-21-5-4-10(12)15(23-14)25-13-3-2-9(17)6-11(13)16(18,19)20/h2-3,6,21H,4-5,7-8H2,1H3. The molecule has 1 aliphatic heterocycles. The third-order valence-electron chi connectivity index (χ3n) is 3.67. The van der Waals surface area contributed by atoms with Crippen LogP contribution in [0.25, 0.3) is 0 Å². The van der Waals surface area contributed by atoms with Crippen molar-refractivity contribution in [1.82, 2.24) is 15.3 Å². The lowest BCUT2D eigenvalue weighted by Gasteiger charge is -2.21. The van der Waals surface area contributed by atoms with E-state index in [4.69, 9.17) is 9.47 Å². The minimum atomic E-state index is -4.75. The molecule has 0 bridgehead atoms. The zero-order chi connectivity index (χ0) is 18.0. The van der Waals surface area contributed by atoms with Crippen molar-refractivity contribution < 1.29 is 27.0 Å². The molecule has 134 valence electrons. The molecule has 0 atom stereocenters. The molecule has 3 rings (SSSR count). The monoisotopic (exact) mass is 357 g/mol. The number of rotatable bonds is 4. The first-order chi connectivity index (χ1) is 11.9. The molecule has 25 heavy (non-hydrogen) atoms. The van der Waals surface area contributed by atoms with Crippen molar-refractivity contribution in [3.05, 3.63) is 46.7 Å². The van der Waals surface area contributed by atoms with Crippen LogP contribution in [0.4, 0.5) is 17.6 Å². The van der Waals surface area contributed by atoms with E-state index in [9.17, 15) is 17.6 Å². The van der Waals surface area contributed by atoms with E-state index in [2.05, 4.69) is 15.3 Å². The Labute approximate surface area is 141 Å². The van der Waals surface area contributed by atoms with Crippen LogP contribution in [0.2, 0.25) is 0 Å². The number of nitrogens with zero attached hydrogens (tertiary/aromatic N) is 2. The first kappa shape index (κ1) is 17.6. The largest absolute Gasteiger partial charge is 0.438 e. The number of halogens is 4. The predicted octanol–water partition coefficient (Wildman–Crippen LogP) is 3.22. The van der Waals surface area contributed by atoms with Crippen LogP contribution in [0.3, 0.4) is 0 Å². The lowest BCUT2D eigenvalue weighted by atomic mass is 10.1. The zero-order valence-electron chi connectivity index (χ0n) is 13.3. The molecule has 0 saturated heterocycles. The number of alkyl halides is 3. The summed E-state index contributed by atoms with van der Waals surface area (Å²) in [6, 6.07) is 2.26. The molecule has 5 nitrogen and oxygen atoms in total. The quantitative estimate of drug-likeness (QED) is 0.852. The third-order valence-corrected chi connectivity index (χ3v) is 3.67. The van der Waals surface area contributed by atoms with Gasteiger partial charge in [0.2, 0.25) is 5.88 Å². The average molecular weight is 357 g/mol. The molecule has 0 fully saturated rings. The minimum absolute atomic E-state index is 0.0376. The Morgan fingerprint density at radius 1 is 1.24 bits per heavy atom. The van der Waals surface area contributed by atoms with Crippen LogP contribution in [0, 0.1) is 5.82 Å². The maximum absolute atomic E-state index is 13.2. The maximum Gasteiger partial charge on any atom is 0.420 e. The van der Waals surface area contributed by atoms with Crippen LogP contribution in [0.15, 0.2) is 18.2 Å². The van der Waals surface area contributed by atoms with Crippen molar-refractivity contribution >= 4 is 0 Å². The Kier molecular flexibility index (Phi) is 4.87. The van der Waals surface area contributed by atoms with E-state index < -0.39 is 23.3 Å². The van der Waals surface area contributed by atoms with E-state index in [0.717, 1.165) is 12.1 Å². The fraction of sp³-hybridized carbons (Fsp3) is 0.375. The van der Waals surface area contributed by atoms with Crippen LogP contribution < -0.4 is 10.1 Å². The predicted molar refractivity (Wildman–Crippen MR) is 79.6 cm³/mol.